The zero-order valence-corrected chi connectivity index (χ0v) is 80.0. The molecule has 4 N–H and O–H groups in total. The summed E-state index contributed by atoms with van der Waals surface area (Å²) in [4.78, 5) is 48.2. The summed E-state index contributed by atoms with van der Waals surface area (Å²) in [6, 6.07) is 27.1. The Labute approximate surface area is 752 Å². The molecule has 0 unspecified atom stereocenters. The summed E-state index contributed by atoms with van der Waals surface area (Å²) in [7, 11) is 0. The molecule has 0 bridgehead atoms. The third-order valence-corrected chi connectivity index (χ3v) is 25.2. The van der Waals surface area contributed by atoms with Gasteiger partial charge in [0.2, 0.25) is 0 Å². The largest absolute Gasteiger partial charge is 0.493 e. The van der Waals surface area contributed by atoms with E-state index < -0.39 is 23.9 Å². The van der Waals surface area contributed by atoms with E-state index in [1.807, 2.05) is 62.5 Å². The molecule has 4 aromatic carbocycles. The van der Waals surface area contributed by atoms with Crippen LogP contribution in [0.5, 0.6) is 23.0 Å². The normalized spacial score (nSPS) is 13.8. The van der Waals surface area contributed by atoms with Crippen LogP contribution in [0.4, 0.5) is 0 Å². The number of ether oxygens (including phenoxy) is 4. The van der Waals surface area contributed by atoms with E-state index in [1.165, 1.54) is 162 Å². The number of aliphatic carboxylic acids is 4. The van der Waals surface area contributed by atoms with Crippen molar-refractivity contribution in [2.45, 2.75) is 282 Å². The number of rotatable bonds is 39. The second-order valence-corrected chi connectivity index (χ2v) is 38.1. The van der Waals surface area contributed by atoms with Gasteiger partial charge in [0.1, 0.15) is 23.0 Å². The number of allylic oxidation sites excluding steroid dienone is 8. The van der Waals surface area contributed by atoms with Gasteiger partial charge in [0, 0.05) is 99.4 Å². The second-order valence-electron chi connectivity index (χ2n) is 34.3. The topological polar surface area (TPSA) is 186 Å². The molecule has 16 heteroatoms. The van der Waals surface area contributed by atoms with Crippen LogP contribution < -0.4 is 18.9 Å². The summed E-state index contributed by atoms with van der Waals surface area (Å²) < 4.78 is 25.5. The van der Waals surface area contributed by atoms with Gasteiger partial charge in [0.25, 0.3) is 0 Å². The highest BCUT2D eigenvalue weighted by molar-refractivity contribution is 7.12. The number of unbranched alkanes of at least 4 members (excludes halogenated alkanes) is 3. The molecule has 123 heavy (non-hydrogen) atoms. The van der Waals surface area contributed by atoms with Crippen molar-refractivity contribution < 1.29 is 58.6 Å². The average Bonchev–Trinajstić information content (AvgIpc) is 1.78. The molecule has 0 radical (unpaired) electrons. The van der Waals surface area contributed by atoms with Gasteiger partial charge in [-0.1, -0.05) is 197 Å². The van der Waals surface area contributed by atoms with Crippen LogP contribution in [-0.4, -0.2) is 70.7 Å². The van der Waals surface area contributed by atoms with Crippen molar-refractivity contribution in [2.75, 3.05) is 26.4 Å². The fourth-order valence-corrected chi connectivity index (χ4v) is 18.6. The minimum Gasteiger partial charge on any atom is -0.493 e. The minimum absolute atomic E-state index is 0.0333. The first-order chi connectivity index (χ1) is 58.9. The standard InChI is InChI=1S/C28H38O3S.C27H34O3S.C26H32O3S.C26H34O3S/c1-7-9-10-11-21-18-23(27(31-15-8-2)24(19-21)28(4,5)6)22-14-16-32-25(22)13-12-20(3)17-26(29)30;1-4-6-14-30-27-23(21-9-7-8-10-21)17-20(5-2)18-24(27)22-13-15-31-25(22)12-11-19(3)16-26(28)29;1-4-13-29-26-22(20-8-6-7-9-20)16-19(5-2)17-23(26)21-12-14-30-24(21)11-10-18(3)15-25(27)28;1-7-9-19-16-21(25(29-13-8-2)22(17-19)26(4,5)6)20-12-14-30-23(20)11-10-18(3)15-24(27)28/h12-14,16-19H,7-11,15H2,1-6H3,(H,29,30);11-13,15-18,21H,4-10,14H2,1-3H3,(H,28,29);10-12,14-17,20H,4-9,13H2,1-3H3,(H,27,28);10-12,14-17H,7-9,13H2,1-6H3,(H,27,28)/b13-12+,20-17+;12-11+,19-16+;2*11-10+,18-15+. The molecule has 12 nitrogen and oxygen atoms in total. The van der Waals surface area contributed by atoms with E-state index in [2.05, 4.69) is 191 Å². The van der Waals surface area contributed by atoms with Gasteiger partial charge in [-0.2, -0.15) is 0 Å². The molecule has 4 heterocycles. The first kappa shape index (κ1) is 101. The van der Waals surface area contributed by atoms with Gasteiger partial charge in [0.05, 0.1) is 26.4 Å². The zero-order chi connectivity index (χ0) is 89.8. The number of carboxylic acids is 4. The number of carbonyl (C=O) groups is 4. The minimum atomic E-state index is -0.930. The van der Waals surface area contributed by atoms with E-state index in [1.54, 1.807) is 59.2 Å². The van der Waals surface area contributed by atoms with Crippen molar-refractivity contribution in [1.29, 1.82) is 0 Å². The van der Waals surface area contributed by atoms with Crippen molar-refractivity contribution in [3.63, 3.8) is 0 Å². The Morgan fingerprint density at radius 1 is 0.350 bits per heavy atom. The summed E-state index contributed by atoms with van der Waals surface area (Å²) in [5.41, 5.74) is 22.6. The third-order valence-electron chi connectivity index (χ3n) is 21.7. The first-order valence-electron chi connectivity index (χ1n) is 44.8. The summed E-state index contributed by atoms with van der Waals surface area (Å²) in [6.07, 6.45) is 44.5. The van der Waals surface area contributed by atoms with Crippen molar-refractivity contribution in [3.8, 4) is 67.5 Å². The van der Waals surface area contributed by atoms with E-state index in [0.717, 1.165) is 147 Å². The SMILES string of the molecule is CCCCCc1cc(-c2ccsc2/C=C/C(C)=C/C(=O)O)c(OCCC)c(C(C)(C)C)c1.CCCCOc1c(-c2ccsc2/C=C/C(C)=C/C(=O)O)cc(CC)cc1C1CCCC1.CCCOc1c(-c2ccsc2/C=C/C(C)=C/C(=O)O)cc(CC)cc1C1CCCC1.CCCOc1c(-c2ccsc2/C=C/C(C)=C/C(=O)O)cc(CCC)cc1C(C)(C)C. The maximum atomic E-state index is 11.0. The molecule has 2 aliphatic rings. The molecule has 8 aromatic rings. The van der Waals surface area contributed by atoms with Crippen LogP contribution in [0.2, 0.25) is 0 Å². The maximum absolute atomic E-state index is 11.0. The Kier molecular flexibility index (Phi) is 41.9. The van der Waals surface area contributed by atoms with Crippen LogP contribution in [0.3, 0.4) is 0 Å². The molecule has 2 fully saturated rings. The molecule has 0 aliphatic heterocycles. The molecule has 662 valence electrons. The third kappa shape index (κ3) is 31.4. The molecule has 2 aliphatic carbocycles. The Hall–Kier alpha value is -9.32. The van der Waals surface area contributed by atoms with Gasteiger partial charge in [-0.25, -0.2) is 19.2 Å². The lowest BCUT2D eigenvalue weighted by molar-refractivity contribution is -0.132. The van der Waals surface area contributed by atoms with E-state index in [-0.39, 0.29) is 10.8 Å². The van der Waals surface area contributed by atoms with Gasteiger partial charge in [-0.15, -0.1) is 45.3 Å². The van der Waals surface area contributed by atoms with Gasteiger partial charge >= 0.3 is 23.9 Å². The summed E-state index contributed by atoms with van der Waals surface area (Å²) in [5.74, 6) is 1.52. The molecular formula is C107H138O12S4. The molecule has 4 aromatic heterocycles. The predicted molar refractivity (Wildman–Crippen MR) is 524 cm³/mol. The predicted octanol–water partition coefficient (Wildman–Crippen LogP) is 31.1. The highest BCUT2D eigenvalue weighted by Gasteiger charge is 2.30. The van der Waals surface area contributed by atoms with E-state index in [4.69, 9.17) is 39.4 Å². The summed E-state index contributed by atoms with van der Waals surface area (Å²) >= 11 is 6.66. The molecule has 10 rings (SSSR count). The molecule has 0 spiro atoms. The Morgan fingerprint density at radius 3 is 0.927 bits per heavy atom. The van der Waals surface area contributed by atoms with Crippen molar-refractivity contribution >= 4 is 93.5 Å². The highest BCUT2D eigenvalue weighted by atomic mass is 32.1. The van der Waals surface area contributed by atoms with E-state index >= 15 is 0 Å². The van der Waals surface area contributed by atoms with Gasteiger partial charge in [-0.3, -0.25) is 0 Å². The molecular weight excluding hydrogens is 1610 g/mol. The van der Waals surface area contributed by atoms with Gasteiger partial charge in [-0.05, 0) is 284 Å². The zero-order valence-electron chi connectivity index (χ0n) is 76.7. The number of hydrogen-bond donors (Lipinski definition) is 4. The van der Waals surface area contributed by atoms with Gasteiger partial charge < -0.3 is 39.4 Å². The quantitative estimate of drug-likeness (QED) is 0.0163. The molecule has 0 amide bonds. The van der Waals surface area contributed by atoms with Crippen LogP contribution in [0, 0.1) is 0 Å². The number of hydrogen-bond acceptors (Lipinski definition) is 12. The highest BCUT2D eigenvalue weighted by Crippen LogP contribution is 2.50. The fraction of sp³-hybridized carbons (Fsp3) is 0.439. The summed E-state index contributed by atoms with van der Waals surface area (Å²) in [6.45, 7) is 40.9. The number of aryl methyl sites for hydroxylation is 4. The monoisotopic (exact) mass is 1740 g/mol. The Balaban J connectivity index is 0.000000226. The van der Waals surface area contributed by atoms with Crippen LogP contribution >= 0.6 is 45.3 Å². The van der Waals surface area contributed by atoms with Crippen LogP contribution in [0.15, 0.2) is 165 Å². The van der Waals surface area contributed by atoms with Crippen molar-refractivity contribution in [3.05, 3.63) is 229 Å². The Morgan fingerprint density at radius 2 is 0.642 bits per heavy atom. The number of thiophene rings is 4. The molecule has 2 saturated carbocycles. The fourth-order valence-electron chi connectivity index (χ4n) is 15.4. The van der Waals surface area contributed by atoms with Crippen LogP contribution in [0.25, 0.3) is 68.8 Å². The van der Waals surface area contributed by atoms with E-state index in [0.29, 0.717) is 42.8 Å². The second kappa shape index (κ2) is 51.2. The molecule has 0 saturated heterocycles. The first-order valence-corrected chi connectivity index (χ1v) is 48.3. The van der Waals surface area contributed by atoms with Crippen LogP contribution in [0.1, 0.15) is 310 Å². The van der Waals surface area contributed by atoms with E-state index in [9.17, 15) is 19.2 Å². The lowest BCUT2D eigenvalue weighted by atomic mass is 9.82. The van der Waals surface area contributed by atoms with Gasteiger partial charge in [0.15, 0.2) is 0 Å². The summed E-state index contributed by atoms with van der Waals surface area (Å²) in [5, 5.41) is 44.3. The van der Waals surface area contributed by atoms with Crippen molar-refractivity contribution in [1.82, 2.24) is 0 Å². The van der Waals surface area contributed by atoms with Crippen molar-refractivity contribution in [2.24, 2.45) is 0 Å². The molecule has 0 atom stereocenters. The Bertz CT molecular complexity index is 5000. The number of benzene rings is 4. The lowest BCUT2D eigenvalue weighted by Crippen LogP contribution is -2.15. The average molecular weight is 1740 g/mol. The lowest BCUT2D eigenvalue weighted by Gasteiger charge is -2.26. The smallest absolute Gasteiger partial charge is 0.328 e. The maximum Gasteiger partial charge on any atom is 0.328 e. The number of carboxylic acid groups (broad SMARTS) is 4. The van der Waals surface area contributed by atoms with Crippen LogP contribution in [-0.2, 0) is 55.7 Å².